The number of aliphatic carboxylic acids is 1. The quantitative estimate of drug-likeness (QED) is 0.578. The van der Waals surface area contributed by atoms with Crippen molar-refractivity contribution in [3.63, 3.8) is 0 Å². The van der Waals surface area contributed by atoms with E-state index in [1.165, 1.54) is 19.2 Å². The van der Waals surface area contributed by atoms with Crippen molar-refractivity contribution in [3.8, 4) is 5.75 Å². The molecule has 7 nitrogen and oxygen atoms in total. The molecule has 0 heterocycles. The molecule has 1 aromatic rings. The minimum absolute atomic E-state index is 0.0471. The molecule has 0 amide bonds. The summed E-state index contributed by atoms with van der Waals surface area (Å²) in [7, 11) is 1.22. The van der Waals surface area contributed by atoms with Crippen molar-refractivity contribution in [1.29, 1.82) is 0 Å². The van der Waals surface area contributed by atoms with Crippen molar-refractivity contribution in [2.75, 3.05) is 7.11 Å². The van der Waals surface area contributed by atoms with Gasteiger partial charge in [0.1, 0.15) is 17.4 Å². The van der Waals surface area contributed by atoms with E-state index in [-0.39, 0.29) is 24.2 Å². The van der Waals surface area contributed by atoms with Crippen molar-refractivity contribution in [1.82, 2.24) is 0 Å². The van der Waals surface area contributed by atoms with Crippen molar-refractivity contribution in [2.24, 2.45) is 5.73 Å². The molecule has 0 radical (unpaired) electrons. The zero-order valence-corrected chi connectivity index (χ0v) is 10.9. The lowest BCUT2D eigenvalue weighted by Gasteiger charge is -2.09. The Labute approximate surface area is 115 Å². The predicted octanol–water partition coefficient (Wildman–Crippen LogP) is 0.571. The van der Waals surface area contributed by atoms with Crippen LogP contribution in [0.15, 0.2) is 24.3 Å². The molecule has 20 heavy (non-hydrogen) atoms. The number of ether oxygens (including phenoxy) is 2. The van der Waals surface area contributed by atoms with Gasteiger partial charge in [-0.1, -0.05) is 12.1 Å². The van der Waals surface area contributed by atoms with Crippen LogP contribution in [0.3, 0.4) is 0 Å². The van der Waals surface area contributed by atoms with Crippen LogP contribution in [0, 0.1) is 0 Å². The molecule has 0 saturated heterocycles. The summed E-state index contributed by atoms with van der Waals surface area (Å²) >= 11 is 0. The molecule has 0 spiro atoms. The smallest absolute Gasteiger partial charge is 0.341 e. The first-order chi connectivity index (χ1) is 9.45. The molecule has 1 atom stereocenters. The number of hydrogen-bond donors (Lipinski definition) is 2. The van der Waals surface area contributed by atoms with Crippen LogP contribution in [0.5, 0.6) is 5.75 Å². The summed E-state index contributed by atoms with van der Waals surface area (Å²) in [5.74, 6) is -2.42. The third kappa shape index (κ3) is 4.36. The van der Waals surface area contributed by atoms with Gasteiger partial charge in [-0.3, -0.25) is 9.59 Å². The van der Waals surface area contributed by atoms with Crippen molar-refractivity contribution in [3.05, 3.63) is 29.8 Å². The number of nitrogens with two attached hydrogens (primary N) is 1. The zero-order chi connectivity index (χ0) is 15.1. The topological polar surface area (TPSA) is 116 Å². The fourth-order valence-electron chi connectivity index (χ4n) is 1.40. The number of carboxylic acids is 1. The highest BCUT2D eigenvalue weighted by atomic mass is 16.5. The van der Waals surface area contributed by atoms with E-state index < -0.39 is 23.9 Å². The summed E-state index contributed by atoms with van der Waals surface area (Å²) in [6.07, 6.45) is -0.211. The first-order valence-corrected chi connectivity index (χ1v) is 5.82. The maximum Gasteiger partial charge on any atom is 0.341 e. The van der Waals surface area contributed by atoms with Crippen LogP contribution in [-0.2, 0) is 14.3 Å². The van der Waals surface area contributed by atoms with Crippen LogP contribution in [0.4, 0.5) is 0 Å². The first kappa shape index (κ1) is 15.6. The highest BCUT2D eigenvalue weighted by molar-refractivity contribution is 5.93. The van der Waals surface area contributed by atoms with Gasteiger partial charge in [-0.15, -0.1) is 0 Å². The Bertz CT molecular complexity index is 513. The van der Waals surface area contributed by atoms with Crippen LogP contribution in [-0.4, -0.2) is 36.2 Å². The van der Waals surface area contributed by atoms with Gasteiger partial charge in [0, 0.05) is 6.42 Å². The van der Waals surface area contributed by atoms with Gasteiger partial charge in [-0.05, 0) is 18.6 Å². The predicted molar refractivity (Wildman–Crippen MR) is 68.3 cm³/mol. The summed E-state index contributed by atoms with van der Waals surface area (Å²) in [6.45, 7) is 0. The first-order valence-electron chi connectivity index (χ1n) is 5.82. The molecular weight excluding hydrogens is 266 g/mol. The summed E-state index contributed by atoms with van der Waals surface area (Å²) in [5, 5.41) is 8.60. The highest BCUT2D eigenvalue weighted by Gasteiger charge is 2.17. The van der Waals surface area contributed by atoms with Gasteiger partial charge >= 0.3 is 17.9 Å². The average molecular weight is 281 g/mol. The van der Waals surface area contributed by atoms with E-state index in [9.17, 15) is 14.4 Å². The Morgan fingerprint density at radius 3 is 2.55 bits per heavy atom. The zero-order valence-electron chi connectivity index (χ0n) is 10.9. The van der Waals surface area contributed by atoms with Gasteiger partial charge < -0.3 is 20.3 Å². The van der Waals surface area contributed by atoms with Crippen LogP contribution in [0.25, 0.3) is 0 Å². The van der Waals surface area contributed by atoms with Gasteiger partial charge in [0.25, 0.3) is 0 Å². The largest absolute Gasteiger partial charge is 0.480 e. The Morgan fingerprint density at radius 2 is 1.95 bits per heavy atom. The number of carbonyl (C=O) groups is 3. The number of carbonyl (C=O) groups excluding carboxylic acids is 2. The van der Waals surface area contributed by atoms with E-state index in [0.717, 1.165) is 0 Å². The summed E-state index contributed by atoms with van der Waals surface area (Å²) in [6, 6.07) is 4.97. The molecule has 0 aromatic heterocycles. The standard InChI is InChI=1S/C13H15NO6/c1-19-13(18)8-4-2-3-5-10(8)20-11(15)7-6-9(14)12(16)17/h2-5,9H,6-7,14H2,1H3,(H,16,17)/t9-/m0/s1. The molecule has 0 fully saturated rings. The maximum atomic E-state index is 11.6. The van der Waals surface area contributed by atoms with Crippen molar-refractivity contribution in [2.45, 2.75) is 18.9 Å². The van der Waals surface area contributed by atoms with E-state index in [1.54, 1.807) is 12.1 Å². The fraction of sp³-hybridized carbons (Fsp3) is 0.308. The lowest BCUT2D eigenvalue weighted by Crippen LogP contribution is -2.31. The second-order valence-electron chi connectivity index (χ2n) is 3.95. The van der Waals surface area contributed by atoms with Gasteiger partial charge in [-0.2, -0.15) is 0 Å². The average Bonchev–Trinajstić information content (AvgIpc) is 2.44. The molecule has 3 N–H and O–H groups in total. The van der Waals surface area contributed by atoms with E-state index in [0.29, 0.717) is 0 Å². The Hall–Kier alpha value is -2.41. The van der Waals surface area contributed by atoms with E-state index in [1.807, 2.05) is 0 Å². The van der Waals surface area contributed by atoms with Crippen LogP contribution < -0.4 is 10.5 Å². The number of methoxy groups -OCH3 is 1. The van der Waals surface area contributed by atoms with E-state index in [2.05, 4.69) is 4.74 Å². The second kappa shape index (κ2) is 7.25. The minimum Gasteiger partial charge on any atom is -0.480 e. The molecule has 1 aromatic carbocycles. The molecule has 0 aliphatic rings. The third-order valence-corrected chi connectivity index (χ3v) is 2.49. The molecule has 0 bridgehead atoms. The lowest BCUT2D eigenvalue weighted by atomic mass is 10.1. The number of esters is 2. The number of hydrogen-bond acceptors (Lipinski definition) is 6. The van der Waals surface area contributed by atoms with Gasteiger partial charge in [0.15, 0.2) is 0 Å². The molecule has 0 unspecified atom stereocenters. The summed E-state index contributed by atoms with van der Waals surface area (Å²) < 4.78 is 9.57. The Morgan fingerprint density at radius 1 is 1.30 bits per heavy atom. The molecule has 7 heteroatoms. The summed E-state index contributed by atoms with van der Waals surface area (Å²) in [5.41, 5.74) is 5.39. The van der Waals surface area contributed by atoms with E-state index in [4.69, 9.17) is 15.6 Å². The molecule has 1 rings (SSSR count). The van der Waals surface area contributed by atoms with Gasteiger partial charge in [0.05, 0.1) is 7.11 Å². The molecule has 108 valence electrons. The number of rotatable bonds is 6. The second-order valence-corrected chi connectivity index (χ2v) is 3.95. The number of benzene rings is 1. The fourth-order valence-corrected chi connectivity index (χ4v) is 1.40. The van der Waals surface area contributed by atoms with E-state index >= 15 is 0 Å². The van der Waals surface area contributed by atoms with Crippen LogP contribution in [0.2, 0.25) is 0 Å². The minimum atomic E-state index is -1.19. The van der Waals surface area contributed by atoms with Crippen LogP contribution in [0.1, 0.15) is 23.2 Å². The SMILES string of the molecule is COC(=O)c1ccccc1OC(=O)CC[C@H](N)C(=O)O. The van der Waals surface area contributed by atoms with Crippen molar-refractivity contribution >= 4 is 17.9 Å². The van der Waals surface area contributed by atoms with Gasteiger partial charge in [-0.25, -0.2) is 4.79 Å². The molecule has 0 aliphatic carbocycles. The monoisotopic (exact) mass is 281 g/mol. The summed E-state index contributed by atoms with van der Waals surface area (Å²) in [4.78, 5) is 33.6. The highest BCUT2D eigenvalue weighted by Crippen LogP contribution is 2.19. The van der Waals surface area contributed by atoms with Crippen LogP contribution >= 0.6 is 0 Å². The number of carboxylic acid groups (broad SMARTS) is 1. The molecule has 0 aliphatic heterocycles. The maximum absolute atomic E-state index is 11.6. The Kier molecular flexibility index (Phi) is 5.67. The Balaban J connectivity index is 2.67. The lowest BCUT2D eigenvalue weighted by molar-refractivity contribution is -0.139. The normalized spacial score (nSPS) is 11.5. The number of para-hydroxylation sites is 1. The third-order valence-electron chi connectivity index (χ3n) is 2.49. The van der Waals surface area contributed by atoms with Crippen molar-refractivity contribution < 1.29 is 29.0 Å². The van der Waals surface area contributed by atoms with Gasteiger partial charge in [0.2, 0.25) is 0 Å². The molecular formula is C13H15NO6. The molecule has 0 saturated carbocycles.